The van der Waals surface area contributed by atoms with Crippen molar-refractivity contribution in [2.45, 2.75) is 43.6 Å². The highest BCUT2D eigenvalue weighted by molar-refractivity contribution is 5.97. The number of hydrogen-bond acceptors (Lipinski definition) is 6. The van der Waals surface area contributed by atoms with Gasteiger partial charge in [-0.15, -0.1) is 0 Å². The van der Waals surface area contributed by atoms with Crippen molar-refractivity contribution in [1.82, 2.24) is 21.3 Å². The van der Waals surface area contributed by atoms with Gasteiger partial charge in [0, 0.05) is 18.4 Å². The molecule has 0 saturated heterocycles. The average molecular weight is 642 g/mol. The maximum absolute atomic E-state index is 13.1. The fourth-order valence-electron chi connectivity index (χ4n) is 4.39. The van der Waals surface area contributed by atoms with E-state index in [0.29, 0.717) is 11.1 Å². The number of benzene rings is 3. The molecule has 5 amide bonds. The van der Waals surface area contributed by atoms with Crippen LogP contribution in [0.4, 0.5) is 13.2 Å². The number of amides is 5. The zero-order chi connectivity index (χ0) is 33.7. The van der Waals surface area contributed by atoms with Crippen molar-refractivity contribution in [2.75, 3.05) is 13.1 Å². The Balaban J connectivity index is 1.59. The minimum Gasteiger partial charge on any atom is -0.382 e. The van der Waals surface area contributed by atoms with Crippen LogP contribution in [0.25, 0.3) is 11.1 Å². The third-order valence-corrected chi connectivity index (χ3v) is 6.79. The lowest BCUT2D eigenvalue weighted by molar-refractivity contribution is -0.212. The molecule has 0 heterocycles. The molecule has 0 aliphatic heterocycles. The Morgan fingerprint density at radius 3 is 1.87 bits per heavy atom. The van der Waals surface area contributed by atoms with Gasteiger partial charge in [0.15, 0.2) is 6.10 Å². The van der Waals surface area contributed by atoms with Gasteiger partial charge in [0.2, 0.25) is 23.6 Å². The second-order valence-corrected chi connectivity index (χ2v) is 10.3. The number of aliphatic hydroxyl groups is 1. The van der Waals surface area contributed by atoms with Gasteiger partial charge in [-0.25, -0.2) is 0 Å². The van der Waals surface area contributed by atoms with Crippen LogP contribution in [0.15, 0.2) is 84.9 Å². The monoisotopic (exact) mass is 641 g/mol. The molecule has 3 aromatic rings. The molecular weight excluding hydrogens is 607 g/mol. The van der Waals surface area contributed by atoms with Gasteiger partial charge in [0.1, 0.15) is 6.04 Å². The topological polar surface area (TPSA) is 180 Å². The van der Waals surface area contributed by atoms with E-state index in [1.54, 1.807) is 54.6 Å². The Labute approximate surface area is 262 Å². The van der Waals surface area contributed by atoms with E-state index < -0.39 is 79.8 Å². The Hall–Kier alpha value is -5.24. The standard InChI is InChI=1S/C32H34F3N5O6/c33-32(34,35)29(44)24(15-16-26(36)41)39-27(42)19-38-31(46)25(17-20-7-3-1-4-8-20)40-28(43)18-37-30(45)23-13-11-22(12-14-23)21-9-5-2-6-10-21/h1-14,24-25,29,44H,15-19H2,(H2,36,41)(H,37,45)(H,38,46)(H,39,42)(H,40,43). The summed E-state index contributed by atoms with van der Waals surface area (Å²) in [5.74, 6) is -4.09. The zero-order valence-corrected chi connectivity index (χ0v) is 24.6. The van der Waals surface area contributed by atoms with Crippen molar-refractivity contribution in [1.29, 1.82) is 0 Å². The van der Waals surface area contributed by atoms with E-state index in [0.717, 1.165) is 11.1 Å². The van der Waals surface area contributed by atoms with Crippen LogP contribution in [0, 0.1) is 0 Å². The van der Waals surface area contributed by atoms with Crippen LogP contribution in [0.3, 0.4) is 0 Å². The molecule has 3 unspecified atom stereocenters. The first-order valence-electron chi connectivity index (χ1n) is 14.2. The molecule has 3 aromatic carbocycles. The van der Waals surface area contributed by atoms with Crippen LogP contribution in [-0.4, -0.2) is 72.1 Å². The van der Waals surface area contributed by atoms with E-state index in [4.69, 9.17) is 5.73 Å². The Morgan fingerprint density at radius 1 is 0.739 bits per heavy atom. The highest BCUT2D eigenvalue weighted by atomic mass is 19.4. The molecule has 3 atom stereocenters. The van der Waals surface area contributed by atoms with Crippen LogP contribution in [0.1, 0.15) is 28.8 Å². The third kappa shape index (κ3) is 11.4. The lowest BCUT2D eigenvalue weighted by Crippen LogP contribution is -2.54. The predicted molar refractivity (Wildman–Crippen MR) is 162 cm³/mol. The van der Waals surface area contributed by atoms with Gasteiger partial charge in [-0.1, -0.05) is 72.8 Å². The largest absolute Gasteiger partial charge is 0.416 e. The van der Waals surface area contributed by atoms with E-state index >= 15 is 0 Å². The van der Waals surface area contributed by atoms with Gasteiger partial charge in [-0.3, -0.25) is 24.0 Å². The summed E-state index contributed by atoms with van der Waals surface area (Å²) in [5.41, 5.74) is 7.80. The highest BCUT2D eigenvalue weighted by Crippen LogP contribution is 2.24. The van der Waals surface area contributed by atoms with Gasteiger partial charge < -0.3 is 32.1 Å². The van der Waals surface area contributed by atoms with Gasteiger partial charge in [-0.05, 0) is 35.2 Å². The fraction of sp³-hybridized carbons (Fsp3) is 0.281. The lowest BCUT2D eigenvalue weighted by atomic mass is 10.0. The van der Waals surface area contributed by atoms with Crippen molar-refractivity contribution in [2.24, 2.45) is 5.73 Å². The summed E-state index contributed by atoms with van der Waals surface area (Å²) in [6.07, 6.45) is -9.21. The Kier molecular flexibility index (Phi) is 12.8. The van der Waals surface area contributed by atoms with Gasteiger partial charge in [0.05, 0.1) is 19.1 Å². The molecule has 0 aliphatic rings. The summed E-state index contributed by atoms with van der Waals surface area (Å²) in [7, 11) is 0. The first-order chi connectivity index (χ1) is 21.8. The summed E-state index contributed by atoms with van der Waals surface area (Å²) < 4.78 is 39.2. The number of rotatable bonds is 15. The van der Waals surface area contributed by atoms with E-state index in [-0.39, 0.29) is 6.42 Å². The Morgan fingerprint density at radius 2 is 1.28 bits per heavy atom. The summed E-state index contributed by atoms with van der Waals surface area (Å²) in [6, 6.07) is 21.7. The molecule has 11 nitrogen and oxygen atoms in total. The molecule has 3 rings (SSSR count). The Bertz CT molecular complexity index is 1490. The number of nitrogens with two attached hydrogens (primary N) is 1. The smallest absolute Gasteiger partial charge is 0.382 e. The average Bonchev–Trinajstić information content (AvgIpc) is 3.04. The third-order valence-electron chi connectivity index (χ3n) is 6.79. The van der Waals surface area contributed by atoms with Crippen molar-refractivity contribution >= 4 is 29.5 Å². The second kappa shape index (κ2) is 16.7. The fourth-order valence-corrected chi connectivity index (χ4v) is 4.39. The molecule has 0 spiro atoms. The quantitative estimate of drug-likeness (QED) is 0.147. The first-order valence-corrected chi connectivity index (χ1v) is 14.2. The van der Waals surface area contributed by atoms with E-state index in [1.165, 1.54) is 0 Å². The van der Waals surface area contributed by atoms with Crippen LogP contribution in [0.2, 0.25) is 0 Å². The van der Waals surface area contributed by atoms with Gasteiger partial charge in [0.25, 0.3) is 5.91 Å². The predicted octanol–water partition coefficient (Wildman–Crippen LogP) is 1.60. The molecule has 0 aromatic heterocycles. The first kappa shape index (κ1) is 35.2. The van der Waals surface area contributed by atoms with Crippen molar-refractivity contribution < 1.29 is 42.3 Å². The number of alkyl halides is 3. The number of primary amides is 1. The molecule has 14 heteroatoms. The molecular formula is C32H34F3N5O6. The number of nitrogens with one attached hydrogen (secondary N) is 4. The highest BCUT2D eigenvalue weighted by Gasteiger charge is 2.44. The van der Waals surface area contributed by atoms with Crippen molar-refractivity contribution in [3.8, 4) is 11.1 Å². The number of carbonyl (C=O) groups is 5. The summed E-state index contributed by atoms with van der Waals surface area (Å²) in [6.45, 7) is -1.28. The molecule has 0 bridgehead atoms. The van der Waals surface area contributed by atoms with Crippen LogP contribution >= 0.6 is 0 Å². The number of carbonyl (C=O) groups excluding carboxylic acids is 5. The van der Waals surface area contributed by atoms with Crippen molar-refractivity contribution in [3.63, 3.8) is 0 Å². The number of hydrogen-bond donors (Lipinski definition) is 6. The van der Waals surface area contributed by atoms with E-state index in [9.17, 15) is 42.3 Å². The SMILES string of the molecule is NC(=O)CCC(NC(=O)CNC(=O)C(Cc1ccccc1)NC(=O)CNC(=O)c1ccc(-c2ccccc2)cc1)C(O)C(F)(F)F. The van der Waals surface area contributed by atoms with Crippen LogP contribution in [0.5, 0.6) is 0 Å². The van der Waals surface area contributed by atoms with E-state index in [1.807, 2.05) is 35.6 Å². The summed E-state index contributed by atoms with van der Waals surface area (Å²) in [5, 5.41) is 18.8. The molecule has 7 N–H and O–H groups in total. The van der Waals surface area contributed by atoms with Crippen LogP contribution in [-0.2, 0) is 25.6 Å². The second-order valence-electron chi connectivity index (χ2n) is 10.3. The normalized spacial score (nSPS) is 13.0. The molecule has 0 fully saturated rings. The molecule has 244 valence electrons. The molecule has 0 radical (unpaired) electrons. The minimum absolute atomic E-state index is 0.0110. The number of aliphatic hydroxyl groups excluding tert-OH is 1. The molecule has 0 aliphatic carbocycles. The number of halogens is 3. The summed E-state index contributed by atoms with van der Waals surface area (Å²) in [4.78, 5) is 61.8. The zero-order valence-electron chi connectivity index (χ0n) is 24.6. The maximum atomic E-state index is 13.1. The lowest BCUT2D eigenvalue weighted by Gasteiger charge is -2.26. The van der Waals surface area contributed by atoms with Gasteiger partial charge >= 0.3 is 6.18 Å². The van der Waals surface area contributed by atoms with Crippen LogP contribution < -0.4 is 27.0 Å². The molecule has 0 saturated carbocycles. The summed E-state index contributed by atoms with van der Waals surface area (Å²) >= 11 is 0. The maximum Gasteiger partial charge on any atom is 0.416 e. The van der Waals surface area contributed by atoms with E-state index in [2.05, 4.69) is 16.0 Å². The molecule has 46 heavy (non-hydrogen) atoms. The van der Waals surface area contributed by atoms with Gasteiger partial charge in [-0.2, -0.15) is 13.2 Å². The minimum atomic E-state index is -5.09. The van der Waals surface area contributed by atoms with Crippen molar-refractivity contribution in [3.05, 3.63) is 96.1 Å².